The van der Waals surface area contributed by atoms with Crippen molar-refractivity contribution in [1.82, 2.24) is 0 Å². The van der Waals surface area contributed by atoms with E-state index in [0.717, 1.165) is 6.42 Å². The topological polar surface area (TPSA) is 55.8 Å². The van der Waals surface area contributed by atoms with E-state index in [1.54, 1.807) is 0 Å². The van der Waals surface area contributed by atoms with Crippen molar-refractivity contribution < 1.29 is 19.4 Å². The molecule has 15 heavy (non-hydrogen) atoms. The maximum Gasteiger partial charge on any atom is 0.303 e. The minimum atomic E-state index is -0.995. The summed E-state index contributed by atoms with van der Waals surface area (Å²) in [7, 11) is 0. The van der Waals surface area contributed by atoms with Gasteiger partial charge in [0.05, 0.1) is 6.10 Å². The fourth-order valence-electron chi connectivity index (χ4n) is 2.10. The third-order valence-corrected chi connectivity index (χ3v) is 3.23. The van der Waals surface area contributed by atoms with E-state index in [0.29, 0.717) is 0 Å². The summed E-state index contributed by atoms with van der Waals surface area (Å²) in [5.74, 6) is 0.0157. The third-order valence-electron chi connectivity index (χ3n) is 3.23. The Hall–Kier alpha value is -0.610. The smallest absolute Gasteiger partial charge is 0.303 e. The fourth-order valence-corrected chi connectivity index (χ4v) is 2.10. The fraction of sp³-hybridized carbons (Fsp3) is 0.909. The number of ether oxygens (including phenoxy) is 2. The highest BCUT2D eigenvalue weighted by Crippen LogP contribution is 2.32. The zero-order valence-electron chi connectivity index (χ0n) is 9.77. The lowest BCUT2D eigenvalue weighted by molar-refractivity contribution is -0.257. The highest BCUT2D eigenvalue weighted by atomic mass is 16.6. The molecule has 0 aromatic rings. The van der Waals surface area contributed by atoms with E-state index >= 15 is 0 Å². The van der Waals surface area contributed by atoms with Crippen LogP contribution in [0.15, 0.2) is 0 Å². The first-order chi connectivity index (χ1) is 6.97. The highest BCUT2D eigenvalue weighted by Gasteiger charge is 2.41. The van der Waals surface area contributed by atoms with Crippen LogP contribution in [0.1, 0.15) is 34.1 Å². The van der Waals surface area contributed by atoms with Crippen LogP contribution in [0.5, 0.6) is 0 Å². The maximum atomic E-state index is 10.9. The van der Waals surface area contributed by atoms with Crippen LogP contribution >= 0.6 is 0 Å². The number of esters is 1. The van der Waals surface area contributed by atoms with Crippen molar-refractivity contribution in [3.63, 3.8) is 0 Å². The molecule has 0 saturated carbocycles. The van der Waals surface area contributed by atoms with Crippen molar-refractivity contribution in [2.24, 2.45) is 11.8 Å². The first kappa shape index (κ1) is 12.5. The molecule has 1 fully saturated rings. The van der Waals surface area contributed by atoms with Gasteiger partial charge in [0.25, 0.3) is 0 Å². The van der Waals surface area contributed by atoms with Crippen molar-refractivity contribution >= 4 is 5.97 Å². The summed E-state index contributed by atoms with van der Waals surface area (Å²) in [6, 6.07) is 0. The SMILES string of the molecule is CCC1OC(O)C(OC(C)=O)[C@@H](C)[C@@H]1C. The van der Waals surface area contributed by atoms with Gasteiger partial charge in [0.2, 0.25) is 0 Å². The summed E-state index contributed by atoms with van der Waals surface area (Å²) >= 11 is 0. The first-order valence-corrected chi connectivity index (χ1v) is 5.48. The van der Waals surface area contributed by atoms with Crippen LogP contribution < -0.4 is 0 Å². The lowest BCUT2D eigenvalue weighted by Gasteiger charge is -2.41. The van der Waals surface area contributed by atoms with Crippen LogP contribution in [0.25, 0.3) is 0 Å². The Morgan fingerprint density at radius 2 is 2.00 bits per heavy atom. The maximum absolute atomic E-state index is 10.9. The molecule has 0 amide bonds. The molecule has 88 valence electrons. The number of carbonyl (C=O) groups is 1. The predicted molar refractivity (Wildman–Crippen MR) is 55.1 cm³/mol. The molecule has 1 aliphatic heterocycles. The third kappa shape index (κ3) is 2.69. The number of aliphatic hydroxyl groups excluding tert-OH is 1. The number of hydrogen-bond donors (Lipinski definition) is 1. The Kier molecular flexibility index (Phi) is 4.11. The van der Waals surface area contributed by atoms with Crippen molar-refractivity contribution in [2.45, 2.75) is 52.6 Å². The molecule has 4 nitrogen and oxygen atoms in total. The summed E-state index contributed by atoms with van der Waals surface area (Å²) in [4.78, 5) is 10.9. The van der Waals surface area contributed by atoms with Crippen LogP contribution in [-0.4, -0.2) is 29.6 Å². The largest absolute Gasteiger partial charge is 0.457 e. The van der Waals surface area contributed by atoms with Gasteiger partial charge in [0, 0.05) is 12.8 Å². The predicted octanol–water partition coefficient (Wildman–Crippen LogP) is 1.32. The summed E-state index contributed by atoms with van der Waals surface area (Å²) in [5.41, 5.74) is 0. The number of carbonyl (C=O) groups excluding carboxylic acids is 1. The second kappa shape index (κ2) is 4.94. The van der Waals surface area contributed by atoms with Gasteiger partial charge in [-0.15, -0.1) is 0 Å². The average molecular weight is 216 g/mol. The quantitative estimate of drug-likeness (QED) is 0.707. The lowest BCUT2D eigenvalue weighted by Crippen LogP contribution is -2.50. The van der Waals surface area contributed by atoms with Crippen LogP contribution in [0.3, 0.4) is 0 Å². The molecule has 0 bridgehead atoms. The summed E-state index contributed by atoms with van der Waals surface area (Å²) in [6.07, 6.45) is -0.637. The van der Waals surface area contributed by atoms with Crippen LogP contribution in [-0.2, 0) is 14.3 Å². The molecular formula is C11H20O4. The Bertz CT molecular complexity index is 229. The molecule has 0 spiro atoms. The van der Waals surface area contributed by atoms with Crippen LogP contribution in [0.4, 0.5) is 0 Å². The Balaban J connectivity index is 2.70. The molecule has 0 radical (unpaired) electrons. The van der Waals surface area contributed by atoms with Crippen molar-refractivity contribution in [1.29, 1.82) is 0 Å². The second-order valence-corrected chi connectivity index (χ2v) is 4.27. The molecule has 0 aromatic heterocycles. The molecule has 5 atom stereocenters. The molecule has 3 unspecified atom stereocenters. The normalized spacial score (nSPS) is 41.3. The van der Waals surface area contributed by atoms with Gasteiger partial charge in [-0.3, -0.25) is 4.79 Å². The minimum absolute atomic E-state index is 0.0433. The Morgan fingerprint density at radius 1 is 1.40 bits per heavy atom. The molecule has 1 N–H and O–H groups in total. The van der Waals surface area contributed by atoms with E-state index in [9.17, 15) is 9.90 Å². The van der Waals surface area contributed by atoms with Gasteiger partial charge in [0.15, 0.2) is 12.4 Å². The van der Waals surface area contributed by atoms with Gasteiger partial charge in [-0.1, -0.05) is 20.8 Å². The minimum Gasteiger partial charge on any atom is -0.457 e. The second-order valence-electron chi connectivity index (χ2n) is 4.27. The molecule has 1 aliphatic rings. The standard InChI is InChI=1S/C11H20O4/c1-5-9-6(2)7(3)10(11(13)15-9)14-8(4)12/h6-7,9-11,13H,5H2,1-4H3/t6-,7-,9?,10?,11?/m0/s1. The Morgan fingerprint density at radius 3 is 2.47 bits per heavy atom. The van der Waals surface area contributed by atoms with E-state index in [4.69, 9.17) is 9.47 Å². The first-order valence-electron chi connectivity index (χ1n) is 5.48. The number of aliphatic hydroxyl groups is 1. The van der Waals surface area contributed by atoms with Crippen LogP contribution in [0, 0.1) is 11.8 Å². The van der Waals surface area contributed by atoms with E-state index in [2.05, 4.69) is 6.92 Å². The number of rotatable bonds is 2. The molecule has 1 heterocycles. The van der Waals surface area contributed by atoms with E-state index in [1.165, 1.54) is 6.92 Å². The summed E-state index contributed by atoms with van der Waals surface area (Å²) in [5, 5.41) is 9.71. The molecule has 0 aromatic carbocycles. The van der Waals surface area contributed by atoms with E-state index in [-0.39, 0.29) is 23.9 Å². The van der Waals surface area contributed by atoms with Gasteiger partial charge in [0.1, 0.15) is 0 Å². The highest BCUT2D eigenvalue weighted by molar-refractivity contribution is 5.66. The summed E-state index contributed by atoms with van der Waals surface area (Å²) < 4.78 is 10.5. The van der Waals surface area contributed by atoms with Crippen molar-refractivity contribution in [3.8, 4) is 0 Å². The zero-order chi connectivity index (χ0) is 11.6. The average Bonchev–Trinajstić information content (AvgIpc) is 2.18. The molecule has 0 aliphatic carbocycles. The van der Waals surface area contributed by atoms with E-state index < -0.39 is 12.4 Å². The van der Waals surface area contributed by atoms with Crippen molar-refractivity contribution in [2.75, 3.05) is 0 Å². The van der Waals surface area contributed by atoms with Gasteiger partial charge < -0.3 is 14.6 Å². The van der Waals surface area contributed by atoms with Gasteiger partial charge >= 0.3 is 5.97 Å². The van der Waals surface area contributed by atoms with Crippen LogP contribution in [0.2, 0.25) is 0 Å². The Labute approximate surface area is 90.6 Å². The number of hydrogen-bond acceptors (Lipinski definition) is 4. The van der Waals surface area contributed by atoms with Gasteiger partial charge in [-0.25, -0.2) is 0 Å². The molecule has 4 heteroatoms. The van der Waals surface area contributed by atoms with Gasteiger partial charge in [-0.2, -0.15) is 0 Å². The molecule has 1 saturated heterocycles. The van der Waals surface area contributed by atoms with Gasteiger partial charge in [-0.05, 0) is 12.3 Å². The molecule has 1 rings (SSSR count). The lowest BCUT2D eigenvalue weighted by atomic mass is 9.82. The zero-order valence-corrected chi connectivity index (χ0v) is 9.77. The summed E-state index contributed by atoms with van der Waals surface area (Å²) in [6.45, 7) is 7.40. The molecular weight excluding hydrogens is 196 g/mol. The monoisotopic (exact) mass is 216 g/mol. The van der Waals surface area contributed by atoms with Crippen molar-refractivity contribution in [3.05, 3.63) is 0 Å². The van der Waals surface area contributed by atoms with E-state index in [1.807, 2.05) is 13.8 Å².